The summed E-state index contributed by atoms with van der Waals surface area (Å²) in [6, 6.07) is 15.0. The summed E-state index contributed by atoms with van der Waals surface area (Å²) >= 11 is 5.79. The fourth-order valence-electron chi connectivity index (χ4n) is 2.44. The van der Waals surface area contributed by atoms with Crippen molar-refractivity contribution < 1.29 is 14.0 Å². The molecule has 2 aromatic carbocycles. The summed E-state index contributed by atoms with van der Waals surface area (Å²) in [6.45, 7) is -0.215. The van der Waals surface area contributed by atoms with Gasteiger partial charge in [0.25, 0.3) is 5.91 Å². The number of hydrogen-bond acceptors (Lipinski definition) is 4. The van der Waals surface area contributed by atoms with E-state index in [1.165, 1.54) is 13.1 Å². The molecule has 0 radical (unpaired) electrons. The smallest absolute Gasteiger partial charge is 0.349 e. The lowest BCUT2D eigenvalue weighted by atomic mass is 10.1. The van der Waals surface area contributed by atoms with E-state index < -0.39 is 17.4 Å². The van der Waals surface area contributed by atoms with Crippen LogP contribution in [0.1, 0.15) is 10.4 Å². The number of rotatable bonds is 4. The lowest BCUT2D eigenvalue weighted by Crippen LogP contribution is -2.36. The predicted molar refractivity (Wildman–Crippen MR) is 99.5 cm³/mol. The molecule has 0 saturated heterocycles. The average molecular weight is 371 g/mol. The number of carbonyl (C=O) groups excluding carboxylic acids is 2. The van der Waals surface area contributed by atoms with E-state index in [1.807, 2.05) is 0 Å². The lowest BCUT2D eigenvalue weighted by Gasteiger charge is -2.16. The Balaban J connectivity index is 1.73. The molecule has 2 amide bonds. The van der Waals surface area contributed by atoms with E-state index in [1.54, 1.807) is 48.5 Å². The third kappa shape index (κ3) is 3.92. The Morgan fingerprint density at radius 2 is 1.81 bits per heavy atom. The molecule has 6 nitrogen and oxygen atoms in total. The number of fused-ring (bicyclic) bond motifs is 1. The number of nitrogens with one attached hydrogen (secondary N) is 1. The quantitative estimate of drug-likeness (QED) is 0.715. The summed E-state index contributed by atoms with van der Waals surface area (Å²) < 4.78 is 5.16. The maximum Gasteiger partial charge on any atom is 0.349 e. The highest BCUT2D eigenvalue weighted by Gasteiger charge is 2.19. The van der Waals surface area contributed by atoms with Crippen molar-refractivity contribution in [2.45, 2.75) is 0 Å². The normalized spacial score (nSPS) is 10.5. The molecule has 26 heavy (non-hydrogen) atoms. The number of para-hydroxylation sites is 1. The summed E-state index contributed by atoms with van der Waals surface area (Å²) in [6.07, 6.45) is 0. The first-order valence-corrected chi connectivity index (χ1v) is 8.15. The molecule has 1 heterocycles. The van der Waals surface area contributed by atoms with Gasteiger partial charge < -0.3 is 14.6 Å². The zero-order valence-electron chi connectivity index (χ0n) is 13.9. The van der Waals surface area contributed by atoms with Gasteiger partial charge in [-0.05, 0) is 36.4 Å². The molecule has 3 rings (SSSR count). The number of halogens is 1. The Morgan fingerprint density at radius 1 is 1.12 bits per heavy atom. The Labute approximate surface area is 154 Å². The van der Waals surface area contributed by atoms with Gasteiger partial charge in [-0.2, -0.15) is 0 Å². The molecule has 0 atom stereocenters. The minimum Gasteiger partial charge on any atom is -0.422 e. The third-order valence-electron chi connectivity index (χ3n) is 3.73. The molecule has 132 valence electrons. The first-order valence-electron chi connectivity index (χ1n) is 7.78. The van der Waals surface area contributed by atoms with Crippen molar-refractivity contribution in [2.75, 3.05) is 18.9 Å². The van der Waals surface area contributed by atoms with Gasteiger partial charge in [-0.3, -0.25) is 9.59 Å². The number of benzene rings is 2. The van der Waals surface area contributed by atoms with E-state index in [4.69, 9.17) is 16.0 Å². The molecule has 0 aliphatic rings. The minimum atomic E-state index is -0.737. The van der Waals surface area contributed by atoms with Crippen molar-refractivity contribution in [3.63, 3.8) is 0 Å². The third-order valence-corrected chi connectivity index (χ3v) is 3.98. The Kier molecular flexibility index (Phi) is 5.04. The van der Waals surface area contributed by atoms with Gasteiger partial charge in [0.15, 0.2) is 0 Å². The van der Waals surface area contributed by atoms with Crippen LogP contribution in [0, 0.1) is 0 Å². The molecule has 0 fully saturated rings. The highest BCUT2D eigenvalue weighted by molar-refractivity contribution is 6.30. The summed E-state index contributed by atoms with van der Waals surface area (Å²) in [4.78, 5) is 37.8. The number of likely N-dealkylation sites (N-methyl/N-ethyl adjacent to an activating group) is 1. The summed E-state index contributed by atoms with van der Waals surface area (Å²) in [5, 5.41) is 3.85. The van der Waals surface area contributed by atoms with Gasteiger partial charge in [-0.25, -0.2) is 4.79 Å². The molecule has 0 aliphatic heterocycles. The number of anilines is 1. The van der Waals surface area contributed by atoms with Crippen LogP contribution in [0.4, 0.5) is 5.69 Å². The Hall–Kier alpha value is -3.12. The first kappa shape index (κ1) is 17.7. The summed E-state index contributed by atoms with van der Waals surface area (Å²) in [5.41, 5.74) is 0.104. The van der Waals surface area contributed by atoms with Crippen LogP contribution in [0.25, 0.3) is 11.0 Å². The lowest BCUT2D eigenvalue weighted by molar-refractivity contribution is -0.116. The predicted octanol–water partition coefficient (Wildman–Crippen LogP) is 3.16. The van der Waals surface area contributed by atoms with Gasteiger partial charge in [0.2, 0.25) is 5.91 Å². The molecule has 0 bridgehead atoms. The zero-order chi connectivity index (χ0) is 18.7. The molecule has 1 aromatic heterocycles. The van der Waals surface area contributed by atoms with Crippen molar-refractivity contribution in [1.29, 1.82) is 0 Å². The highest BCUT2D eigenvalue weighted by Crippen LogP contribution is 2.15. The van der Waals surface area contributed by atoms with E-state index in [2.05, 4.69) is 5.32 Å². The fourth-order valence-corrected chi connectivity index (χ4v) is 2.56. The van der Waals surface area contributed by atoms with Crippen LogP contribution in [0.2, 0.25) is 5.02 Å². The fraction of sp³-hybridized carbons (Fsp3) is 0.105. The van der Waals surface area contributed by atoms with E-state index in [-0.39, 0.29) is 12.1 Å². The number of hydrogen-bond donors (Lipinski definition) is 1. The van der Waals surface area contributed by atoms with E-state index in [9.17, 15) is 14.4 Å². The molecule has 0 saturated carbocycles. The molecule has 7 heteroatoms. The zero-order valence-corrected chi connectivity index (χ0v) is 14.6. The molecular formula is C19H15ClN2O4. The molecule has 1 N–H and O–H groups in total. The van der Waals surface area contributed by atoms with Crippen LogP contribution in [0.5, 0.6) is 0 Å². The van der Waals surface area contributed by atoms with Gasteiger partial charge in [0.1, 0.15) is 11.1 Å². The number of nitrogens with zero attached hydrogens (tertiary/aromatic N) is 1. The maximum absolute atomic E-state index is 12.5. The van der Waals surface area contributed by atoms with Crippen LogP contribution >= 0.6 is 11.6 Å². The second-order valence-electron chi connectivity index (χ2n) is 5.70. The van der Waals surface area contributed by atoms with Crippen molar-refractivity contribution in [1.82, 2.24) is 4.90 Å². The molecule has 0 unspecified atom stereocenters. The molecule has 0 spiro atoms. The number of amides is 2. The first-order chi connectivity index (χ1) is 12.4. The second kappa shape index (κ2) is 7.41. The topological polar surface area (TPSA) is 79.6 Å². The van der Waals surface area contributed by atoms with Gasteiger partial charge in [-0.15, -0.1) is 0 Å². The van der Waals surface area contributed by atoms with Crippen LogP contribution in [-0.2, 0) is 4.79 Å². The molecule has 3 aromatic rings. The van der Waals surface area contributed by atoms with Crippen molar-refractivity contribution in [3.8, 4) is 0 Å². The van der Waals surface area contributed by atoms with Gasteiger partial charge >= 0.3 is 5.63 Å². The van der Waals surface area contributed by atoms with Gasteiger partial charge in [-0.1, -0.05) is 29.8 Å². The maximum atomic E-state index is 12.5. The Morgan fingerprint density at radius 3 is 2.54 bits per heavy atom. The van der Waals surface area contributed by atoms with Crippen molar-refractivity contribution >= 4 is 40.1 Å². The van der Waals surface area contributed by atoms with Gasteiger partial charge in [0, 0.05) is 23.1 Å². The van der Waals surface area contributed by atoms with Gasteiger partial charge in [0.05, 0.1) is 6.54 Å². The standard InChI is InChI=1S/C19H15ClN2O4/c1-22(11-17(23)21-14-8-6-13(20)7-9-14)18(24)15-10-12-4-2-3-5-16(12)26-19(15)25/h2-10H,11H2,1H3,(H,21,23). The van der Waals surface area contributed by atoms with Crippen LogP contribution in [-0.4, -0.2) is 30.3 Å². The van der Waals surface area contributed by atoms with Crippen molar-refractivity contribution in [3.05, 3.63) is 75.6 Å². The van der Waals surface area contributed by atoms with Crippen LogP contribution in [0.15, 0.2) is 63.8 Å². The van der Waals surface area contributed by atoms with E-state index in [0.29, 0.717) is 21.7 Å². The average Bonchev–Trinajstić information content (AvgIpc) is 2.62. The largest absolute Gasteiger partial charge is 0.422 e. The summed E-state index contributed by atoms with van der Waals surface area (Å²) in [5.74, 6) is -0.982. The monoisotopic (exact) mass is 370 g/mol. The SMILES string of the molecule is CN(CC(=O)Nc1ccc(Cl)cc1)C(=O)c1cc2ccccc2oc1=O. The van der Waals surface area contributed by atoms with E-state index in [0.717, 1.165) is 4.90 Å². The molecule has 0 aliphatic carbocycles. The Bertz CT molecular complexity index is 1030. The van der Waals surface area contributed by atoms with Crippen molar-refractivity contribution in [2.24, 2.45) is 0 Å². The van der Waals surface area contributed by atoms with Crippen LogP contribution in [0.3, 0.4) is 0 Å². The van der Waals surface area contributed by atoms with Crippen LogP contribution < -0.4 is 10.9 Å². The highest BCUT2D eigenvalue weighted by atomic mass is 35.5. The minimum absolute atomic E-state index is 0.120. The summed E-state index contributed by atoms with van der Waals surface area (Å²) in [7, 11) is 1.44. The number of carbonyl (C=O) groups is 2. The molecular weight excluding hydrogens is 356 g/mol. The van der Waals surface area contributed by atoms with E-state index >= 15 is 0 Å². The second-order valence-corrected chi connectivity index (χ2v) is 6.14.